The summed E-state index contributed by atoms with van der Waals surface area (Å²) in [7, 11) is 1.46. The molecule has 2 saturated heterocycles. The minimum Gasteiger partial charge on any atom is -0.469 e. The Hall–Kier alpha value is -0.420. The molecule has 0 aromatic rings. The van der Waals surface area contributed by atoms with Crippen molar-refractivity contribution in [3.05, 3.63) is 0 Å². The average Bonchev–Trinajstić information content (AvgIpc) is 3.08. The van der Waals surface area contributed by atoms with Gasteiger partial charge in [0.25, 0.3) is 0 Å². The predicted octanol–water partition coefficient (Wildman–Crippen LogP) is 5.31. The lowest BCUT2D eigenvalue weighted by Crippen LogP contribution is -2.77. The number of fused-ring (bicyclic) bond motifs is 3. The van der Waals surface area contributed by atoms with Crippen LogP contribution in [0, 0.1) is 40.4 Å². The van der Waals surface area contributed by atoms with Crippen molar-refractivity contribution in [2.75, 3.05) is 7.11 Å². The number of ketones is 1. The van der Waals surface area contributed by atoms with Gasteiger partial charge in [0.15, 0.2) is 5.78 Å². The van der Waals surface area contributed by atoms with Crippen molar-refractivity contribution in [3.8, 4) is 0 Å². The van der Waals surface area contributed by atoms with E-state index in [0.717, 1.165) is 38.5 Å². The topological polar surface area (TPSA) is 52.6 Å². The largest absolute Gasteiger partial charge is 0.469 e. The summed E-state index contributed by atoms with van der Waals surface area (Å²) in [5.41, 5.74) is -0.630. The molecule has 0 N–H and O–H groups in total. The summed E-state index contributed by atoms with van der Waals surface area (Å²) < 4.78 is 11.7. The first-order chi connectivity index (χ1) is 14.2. The van der Waals surface area contributed by atoms with E-state index in [4.69, 9.17) is 9.47 Å². The van der Waals surface area contributed by atoms with Crippen molar-refractivity contribution in [1.82, 2.24) is 0 Å². The van der Waals surface area contributed by atoms with Crippen LogP contribution in [-0.2, 0) is 19.1 Å². The summed E-state index contributed by atoms with van der Waals surface area (Å²) in [4.78, 5) is 25.8. The molecule has 6 aliphatic rings. The van der Waals surface area contributed by atoms with E-state index in [9.17, 15) is 9.59 Å². The zero-order chi connectivity index (χ0) is 21.5. The minimum atomic E-state index is -0.570. The smallest absolute Gasteiger partial charge is 0.305 e. The quantitative estimate of drug-likeness (QED) is 0.404. The second kappa shape index (κ2) is 7.04. The Labute approximate surface area is 189 Å². The molecule has 4 aliphatic carbocycles. The van der Waals surface area contributed by atoms with Gasteiger partial charge in [-0.1, -0.05) is 36.7 Å². The first-order valence-corrected chi connectivity index (χ1v) is 13.0. The zero-order valence-corrected chi connectivity index (χ0v) is 20.5. The molecule has 30 heavy (non-hydrogen) atoms. The SMILES string of the molecule is COC(=O)CC[C@H](C)[C@H]1CC[C@H]2[C@@H]3CC[C@@H]4C[C@H]5CC[C@]4(C)[C@@]3(O5)C(=O)[C@H](Br)[C@]12C. The van der Waals surface area contributed by atoms with Gasteiger partial charge in [-0.25, -0.2) is 0 Å². The third-order valence-corrected chi connectivity index (χ3v) is 12.1. The molecule has 0 radical (unpaired) electrons. The van der Waals surface area contributed by atoms with Crippen molar-refractivity contribution in [2.24, 2.45) is 40.4 Å². The van der Waals surface area contributed by atoms with Crippen molar-refractivity contribution >= 4 is 27.7 Å². The van der Waals surface area contributed by atoms with Crippen LogP contribution in [-0.4, -0.2) is 35.4 Å². The summed E-state index contributed by atoms with van der Waals surface area (Å²) >= 11 is 3.98. The van der Waals surface area contributed by atoms with Gasteiger partial charge in [-0.2, -0.15) is 0 Å². The van der Waals surface area contributed by atoms with E-state index in [1.807, 2.05) is 0 Å². The number of carbonyl (C=O) groups excluding carboxylic acids is 2. The Bertz CT molecular complexity index is 753. The summed E-state index contributed by atoms with van der Waals surface area (Å²) in [5, 5.41) is 0. The first kappa shape index (κ1) is 21.4. The van der Waals surface area contributed by atoms with Crippen LogP contribution in [0.1, 0.15) is 78.6 Å². The van der Waals surface area contributed by atoms with E-state index < -0.39 is 5.60 Å². The van der Waals surface area contributed by atoms with Crippen molar-refractivity contribution in [2.45, 2.75) is 95.1 Å². The molecular weight excluding hydrogens is 444 g/mol. The van der Waals surface area contributed by atoms with Crippen LogP contribution < -0.4 is 0 Å². The molecule has 5 heteroatoms. The highest BCUT2D eigenvalue weighted by molar-refractivity contribution is 9.10. The number of esters is 1. The lowest BCUT2D eigenvalue weighted by atomic mass is 9.40. The highest BCUT2D eigenvalue weighted by Gasteiger charge is 2.77. The number of rotatable bonds is 4. The molecule has 0 unspecified atom stereocenters. The van der Waals surface area contributed by atoms with Gasteiger partial charge in [-0.3, -0.25) is 9.59 Å². The normalized spacial score (nSPS) is 52.5. The maximum absolute atomic E-state index is 14.3. The maximum Gasteiger partial charge on any atom is 0.305 e. The van der Waals surface area contributed by atoms with Gasteiger partial charge in [-0.15, -0.1) is 0 Å². The molecule has 4 bridgehead atoms. The molecule has 168 valence electrons. The van der Waals surface area contributed by atoms with E-state index in [1.54, 1.807) is 0 Å². The molecule has 0 aromatic carbocycles. The predicted molar refractivity (Wildman–Crippen MR) is 118 cm³/mol. The number of Topliss-reactive ketones (excluding diaryl/α,β-unsaturated/α-hetero) is 1. The lowest BCUT2D eigenvalue weighted by molar-refractivity contribution is -0.306. The van der Waals surface area contributed by atoms with Crippen LogP contribution in [0.4, 0.5) is 0 Å². The van der Waals surface area contributed by atoms with E-state index in [-0.39, 0.29) is 27.7 Å². The van der Waals surface area contributed by atoms with Crippen molar-refractivity contribution in [1.29, 1.82) is 0 Å². The van der Waals surface area contributed by atoms with Crippen LogP contribution in [0.2, 0.25) is 0 Å². The number of alkyl halides is 1. The third kappa shape index (κ3) is 2.48. The maximum atomic E-state index is 14.3. The molecule has 4 saturated carbocycles. The van der Waals surface area contributed by atoms with Gasteiger partial charge < -0.3 is 9.47 Å². The summed E-state index contributed by atoms with van der Waals surface area (Å²) in [6.07, 6.45) is 9.73. The second-order valence-corrected chi connectivity index (χ2v) is 12.4. The Morgan fingerprint density at radius 2 is 1.93 bits per heavy atom. The van der Waals surface area contributed by atoms with Gasteiger partial charge in [0.2, 0.25) is 0 Å². The molecule has 1 spiro atoms. The standard InChI is InChI=1S/C25H37BrO4/c1-14(5-10-20(27)29-4)17-8-9-18-19-7-6-15-13-16-11-12-23(15,2)25(19,30-16)22(28)21(26)24(17,18)3/h14-19,21H,5-13H2,1-4H3/t14-,15+,16+,17+,18-,19-,21-,23-,24+,25-/m0/s1. The fraction of sp³-hybridized carbons (Fsp3) is 0.920. The minimum absolute atomic E-state index is 0.00366. The van der Waals surface area contributed by atoms with Gasteiger partial charge >= 0.3 is 5.97 Å². The Kier molecular flexibility index (Phi) is 5.03. The third-order valence-electron chi connectivity index (χ3n) is 10.7. The summed E-state index contributed by atoms with van der Waals surface area (Å²) in [6, 6.07) is 0. The second-order valence-electron chi connectivity index (χ2n) is 11.5. The molecule has 0 aromatic heterocycles. The fourth-order valence-electron chi connectivity index (χ4n) is 9.18. The summed E-state index contributed by atoms with van der Waals surface area (Å²) in [5.74, 6) is 2.57. The van der Waals surface area contributed by atoms with Crippen LogP contribution in [0.25, 0.3) is 0 Å². The Balaban J connectivity index is 1.49. The zero-order valence-electron chi connectivity index (χ0n) is 18.9. The Morgan fingerprint density at radius 3 is 2.67 bits per heavy atom. The van der Waals surface area contributed by atoms with Gasteiger partial charge in [-0.05, 0) is 86.4 Å². The number of ether oxygens (including phenoxy) is 2. The molecule has 0 amide bonds. The number of carbonyl (C=O) groups is 2. The first-order valence-electron chi connectivity index (χ1n) is 12.1. The summed E-state index contributed by atoms with van der Waals surface area (Å²) in [6.45, 7) is 7.02. The van der Waals surface area contributed by atoms with Crippen LogP contribution in [0.15, 0.2) is 0 Å². The average molecular weight is 481 g/mol. The van der Waals surface area contributed by atoms with Crippen molar-refractivity contribution in [3.63, 3.8) is 0 Å². The highest BCUT2D eigenvalue weighted by Crippen LogP contribution is 2.73. The van der Waals surface area contributed by atoms with E-state index >= 15 is 0 Å². The van der Waals surface area contributed by atoms with Gasteiger partial charge in [0.05, 0.1) is 18.0 Å². The monoisotopic (exact) mass is 480 g/mol. The number of hydrogen-bond donors (Lipinski definition) is 0. The van der Waals surface area contributed by atoms with E-state index in [2.05, 4.69) is 36.7 Å². The lowest BCUT2D eigenvalue weighted by Gasteiger charge is -2.71. The van der Waals surface area contributed by atoms with E-state index in [1.165, 1.54) is 20.0 Å². The van der Waals surface area contributed by atoms with Gasteiger partial charge in [0, 0.05) is 11.8 Å². The number of methoxy groups -OCH3 is 1. The number of hydrogen-bond acceptors (Lipinski definition) is 4. The molecule has 6 fully saturated rings. The molecule has 2 aliphatic heterocycles. The molecule has 6 rings (SSSR count). The molecule has 2 heterocycles. The van der Waals surface area contributed by atoms with E-state index in [0.29, 0.717) is 41.8 Å². The Morgan fingerprint density at radius 1 is 1.20 bits per heavy atom. The molecule has 10 atom stereocenters. The molecular formula is C25H37BrO4. The van der Waals surface area contributed by atoms with Crippen molar-refractivity contribution < 1.29 is 19.1 Å². The fourth-order valence-corrected chi connectivity index (χ4v) is 10.2. The van der Waals surface area contributed by atoms with Crippen LogP contribution >= 0.6 is 15.9 Å². The van der Waals surface area contributed by atoms with Crippen LogP contribution in [0.5, 0.6) is 0 Å². The molecule has 4 nitrogen and oxygen atoms in total. The van der Waals surface area contributed by atoms with Gasteiger partial charge in [0.1, 0.15) is 5.60 Å². The van der Waals surface area contributed by atoms with Crippen LogP contribution in [0.3, 0.4) is 0 Å². The number of halogens is 1. The highest BCUT2D eigenvalue weighted by atomic mass is 79.9.